The van der Waals surface area contributed by atoms with Crippen LogP contribution in [-0.4, -0.2) is 28.2 Å². The van der Waals surface area contributed by atoms with Crippen molar-refractivity contribution in [1.29, 1.82) is 0 Å². The van der Waals surface area contributed by atoms with Gasteiger partial charge in [-0.3, -0.25) is 4.79 Å². The third-order valence-corrected chi connectivity index (χ3v) is 4.48. The number of nitrogens with one attached hydrogen (secondary N) is 1. The quantitative estimate of drug-likeness (QED) is 0.756. The van der Waals surface area contributed by atoms with E-state index in [-0.39, 0.29) is 5.91 Å². The van der Waals surface area contributed by atoms with Gasteiger partial charge in [0.1, 0.15) is 0 Å². The summed E-state index contributed by atoms with van der Waals surface area (Å²) >= 11 is 1.68. The molecule has 1 saturated carbocycles. The van der Waals surface area contributed by atoms with Crippen LogP contribution in [0.5, 0.6) is 0 Å². The molecule has 0 saturated heterocycles. The summed E-state index contributed by atoms with van der Waals surface area (Å²) in [7, 11) is 0. The van der Waals surface area contributed by atoms with E-state index in [0.29, 0.717) is 6.04 Å². The molecule has 110 valence electrons. The summed E-state index contributed by atoms with van der Waals surface area (Å²) in [4.78, 5) is 16.2. The van der Waals surface area contributed by atoms with Crippen LogP contribution in [0.15, 0.2) is 17.2 Å². The molecular formula is C15H23N3OS. The summed E-state index contributed by atoms with van der Waals surface area (Å²) < 4.78 is 0. The van der Waals surface area contributed by atoms with Crippen molar-refractivity contribution < 1.29 is 4.79 Å². The number of nitrogens with two attached hydrogens (primary N) is 1. The smallest absolute Gasteiger partial charge is 0.237 e. The Morgan fingerprint density at radius 1 is 1.50 bits per heavy atom. The standard InChI is InChI=1S/C15H23N3OS/c1-10-8-11(2)17-13(9-10)20-7-6-15(3,14(16)19)18-12-4-5-12/h8-9,12,18H,4-7H2,1-3H3,(H2,16,19). The average molecular weight is 293 g/mol. The number of hydrogen-bond acceptors (Lipinski definition) is 4. The molecule has 0 spiro atoms. The first-order chi connectivity index (χ1) is 9.39. The Hall–Kier alpha value is -1.07. The summed E-state index contributed by atoms with van der Waals surface area (Å²) in [6, 6.07) is 4.61. The average Bonchev–Trinajstić information content (AvgIpc) is 3.11. The molecule has 2 rings (SSSR count). The third kappa shape index (κ3) is 4.21. The summed E-state index contributed by atoms with van der Waals surface area (Å²) in [5.41, 5.74) is 7.19. The Balaban J connectivity index is 1.90. The molecule has 3 N–H and O–H groups in total. The zero-order valence-electron chi connectivity index (χ0n) is 12.4. The highest BCUT2D eigenvalue weighted by atomic mass is 32.2. The van der Waals surface area contributed by atoms with E-state index in [0.717, 1.165) is 35.7 Å². The highest BCUT2D eigenvalue weighted by Gasteiger charge is 2.36. The largest absolute Gasteiger partial charge is 0.368 e. The summed E-state index contributed by atoms with van der Waals surface area (Å²) in [5.74, 6) is 0.563. The molecule has 5 heteroatoms. The lowest BCUT2D eigenvalue weighted by Crippen LogP contribution is -2.54. The predicted molar refractivity (Wildman–Crippen MR) is 82.8 cm³/mol. The monoisotopic (exact) mass is 293 g/mol. The predicted octanol–water partition coefficient (Wildman–Crippen LogP) is 2.18. The minimum absolute atomic E-state index is 0.265. The van der Waals surface area contributed by atoms with Crippen molar-refractivity contribution >= 4 is 17.7 Å². The number of thioether (sulfide) groups is 1. The fourth-order valence-corrected chi connectivity index (χ4v) is 3.38. The number of rotatable bonds is 7. The number of aromatic nitrogens is 1. The number of carbonyl (C=O) groups excluding carboxylic acids is 1. The molecule has 1 aromatic heterocycles. The van der Waals surface area contributed by atoms with Gasteiger partial charge in [0.05, 0.1) is 10.6 Å². The molecular weight excluding hydrogens is 270 g/mol. The normalized spacial score (nSPS) is 17.8. The lowest BCUT2D eigenvalue weighted by Gasteiger charge is -2.27. The number of aryl methyl sites for hydroxylation is 2. The molecule has 1 aliphatic carbocycles. The van der Waals surface area contributed by atoms with Crippen LogP contribution in [0.2, 0.25) is 0 Å². The summed E-state index contributed by atoms with van der Waals surface area (Å²) in [5, 5.41) is 4.38. The molecule has 1 amide bonds. The summed E-state index contributed by atoms with van der Waals surface area (Å²) in [6.07, 6.45) is 3.02. The molecule has 1 fully saturated rings. The Kier molecular flexibility index (Phi) is 4.70. The molecule has 1 unspecified atom stereocenters. The van der Waals surface area contributed by atoms with Crippen LogP contribution in [0.4, 0.5) is 0 Å². The lowest BCUT2D eigenvalue weighted by atomic mass is 9.98. The van der Waals surface area contributed by atoms with Crippen LogP contribution < -0.4 is 11.1 Å². The lowest BCUT2D eigenvalue weighted by molar-refractivity contribution is -0.124. The van der Waals surface area contributed by atoms with Crippen molar-refractivity contribution in [3.63, 3.8) is 0 Å². The zero-order chi connectivity index (χ0) is 14.8. The first kappa shape index (κ1) is 15.3. The highest BCUT2D eigenvalue weighted by molar-refractivity contribution is 7.99. The van der Waals surface area contributed by atoms with Gasteiger partial charge in [-0.05, 0) is 57.7 Å². The van der Waals surface area contributed by atoms with Crippen molar-refractivity contribution in [2.75, 3.05) is 5.75 Å². The van der Waals surface area contributed by atoms with E-state index in [4.69, 9.17) is 5.73 Å². The van der Waals surface area contributed by atoms with E-state index in [1.807, 2.05) is 13.8 Å². The first-order valence-corrected chi connectivity index (χ1v) is 8.03. The van der Waals surface area contributed by atoms with Gasteiger partial charge in [0.15, 0.2) is 0 Å². The maximum absolute atomic E-state index is 11.7. The van der Waals surface area contributed by atoms with Crippen molar-refractivity contribution in [3.8, 4) is 0 Å². The van der Waals surface area contributed by atoms with Crippen LogP contribution >= 0.6 is 11.8 Å². The molecule has 0 radical (unpaired) electrons. The van der Waals surface area contributed by atoms with Crippen molar-refractivity contribution in [2.24, 2.45) is 5.73 Å². The molecule has 20 heavy (non-hydrogen) atoms. The van der Waals surface area contributed by atoms with Crippen LogP contribution in [-0.2, 0) is 4.79 Å². The SMILES string of the molecule is Cc1cc(C)nc(SCCC(C)(NC2CC2)C(N)=O)c1. The number of carbonyl (C=O) groups is 1. The molecule has 1 aromatic rings. The van der Waals surface area contributed by atoms with E-state index >= 15 is 0 Å². The minimum atomic E-state index is -0.604. The van der Waals surface area contributed by atoms with Crippen molar-refractivity contribution in [2.45, 2.75) is 56.6 Å². The maximum atomic E-state index is 11.7. The Morgan fingerprint density at radius 2 is 2.20 bits per heavy atom. The van der Waals surface area contributed by atoms with Crippen LogP contribution in [0.1, 0.15) is 37.4 Å². The zero-order valence-corrected chi connectivity index (χ0v) is 13.2. The Morgan fingerprint density at radius 3 is 2.75 bits per heavy atom. The highest BCUT2D eigenvalue weighted by Crippen LogP contribution is 2.26. The molecule has 1 heterocycles. The fraction of sp³-hybridized carbons (Fsp3) is 0.600. The number of pyridine rings is 1. The van der Waals surface area contributed by atoms with Gasteiger partial charge in [0.2, 0.25) is 5.91 Å². The van der Waals surface area contributed by atoms with Gasteiger partial charge in [-0.15, -0.1) is 11.8 Å². The topological polar surface area (TPSA) is 68.0 Å². The number of amides is 1. The molecule has 4 nitrogen and oxygen atoms in total. The Bertz CT molecular complexity index is 482. The van der Waals surface area contributed by atoms with Gasteiger partial charge < -0.3 is 11.1 Å². The van der Waals surface area contributed by atoms with Crippen LogP contribution in [0.25, 0.3) is 0 Å². The van der Waals surface area contributed by atoms with E-state index in [9.17, 15) is 4.79 Å². The fourth-order valence-electron chi connectivity index (χ4n) is 2.18. The van der Waals surface area contributed by atoms with Gasteiger partial charge in [0, 0.05) is 17.5 Å². The van der Waals surface area contributed by atoms with Crippen LogP contribution in [0, 0.1) is 13.8 Å². The van der Waals surface area contributed by atoms with E-state index in [2.05, 4.69) is 29.4 Å². The second-order valence-electron chi connectivity index (χ2n) is 5.84. The van der Waals surface area contributed by atoms with E-state index < -0.39 is 5.54 Å². The van der Waals surface area contributed by atoms with E-state index in [1.54, 1.807) is 11.8 Å². The van der Waals surface area contributed by atoms with Gasteiger partial charge >= 0.3 is 0 Å². The van der Waals surface area contributed by atoms with Gasteiger partial charge in [-0.1, -0.05) is 0 Å². The molecule has 0 aliphatic heterocycles. The van der Waals surface area contributed by atoms with E-state index in [1.165, 1.54) is 5.56 Å². The number of hydrogen-bond donors (Lipinski definition) is 2. The van der Waals surface area contributed by atoms with Crippen LogP contribution in [0.3, 0.4) is 0 Å². The second-order valence-corrected chi connectivity index (χ2v) is 6.95. The van der Waals surface area contributed by atoms with Crippen molar-refractivity contribution in [1.82, 2.24) is 10.3 Å². The minimum Gasteiger partial charge on any atom is -0.368 e. The third-order valence-electron chi connectivity index (χ3n) is 3.57. The molecule has 0 bridgehead atoms. The number of primary amides is 1. The number of nitrogens with zero attached hydrogens (tertiary/aromatic N) is 1. The second kappa shape index (κ2) is 6.14. The molecule has 1 atom stereocenters. The first-order valence-electron chi connectivity index (χ1n) is 7.05. The van der Waals surface area contributed by atoms with Gasteiger partial charge in [0.25, 0.3) is 0 Å². The summed E-state index contributed by atoms with van der Waals surface area (Å²) in [6.45, 7) is 5.98. The Labute approximate surface area is 124 Å². The van der Waals surface area contributed by atoms with Gasteiger partial charge in [-0.2, -0.15) is 0 Å². The van der Waals surface area contributed by atoms with Crippen molar-refractivity contribution in [3.05, 3.63) is 23.4 Å². The van der Waals surface area contributed by atoms with Gasteiger partial charge in [-0.25, -0.2) is 4.98 Å². The molecule has 1 aliphatic rings. The molecule has 0 aromatic carbocycles. The maximum Gasteiger partial charge on any atom is 0.237 e.